The van der Waals surface area contributed by atoms with Gasteiger partial charge in [0.15, 0.2) is 0 Å². The molecular formula is C12H14BrClN2. The zero-order valence-electron chi connectivity index (χ0n) is 9.37. The number of hydrogen-bond acceptors (Lipinski definition) is 2. The smallest absolute Gasteiger partial charge is 0.123 e. The molecule has 0 N–H and O–H groups in total. The molecule has 0 aromatic heterocycles. The van der Waals surface area contributed by atoms with Crippen molar-refractivity contribution < 1.29 is 0 Å². The van der Waals surface area contributed by atoms with Crippen molar-refractivity contribution in [1.29, 1.82) is 5.26 Å². The van der Waals surface area contributed by atoms with Crippen molar-refractivity contribution in [2.45, 2.75) is 19.9 Å². The SMILES string of the molecule is CCN(CC)C(C#N)c1ccc(Br)c(Cl)c1. The summed E-state index contributed by atoms with van der Waals surface area (Å²) in [5, 5.41) is 9.87. The lowest BCUT2D eigenvalue weighted by Crippen LogP contribution is -2.27. The van der Waals surface area contributed by atoms with Crippen LogP contribution in [0.15, 0.2) is 22.7 Å². The Morgan fingerprint density at radius 3 is 2.50 bits per heavy atom. The van der Waals surface area contributed by atoms with E-state index in [4.69, 9.17) is 11.6 Å². The molecule has 1 aromatic carbocycles. The quantitative estimate of drug-likeness (QED) is 0.840. The molecule has 0 saturated carbocycles. The third-order valence-corrected chi connectivity index (χ3v) is 3.79. The normalized spacial score (nSPS) is 12.5. The molecule has 0 radical (unpaired) electrons. The predicted molar refractivity (Wildman–Crippen MR) is 70.4 cm³/mol. The summed E-state index contributed by atoms with van der Waals surface area (Å²) in [5.41, 5.74) is 0.944. The van der Waals surface area contributed by atoms with Crippen molar-refractivity contribution in [3.05, 3.63) is 33.3 Å². The van der Waals surface area contributed by atoms with Crippen LogP contribution in [0.5, 0.6) is 0 Å². The molecule has 0 amide bonds. The van der Waals surface area contributed by atoms with Crippen LogP contribution in [-0.4, -0.2) is 18.0 Å². The van der Waals surface area contributed by atoms with E-state index in [-0.39, 0.29) is 6.04 Å². The van der Waals surface area contributed by atoms with E-state index < -0.39 is 0 Å². The molecule has 0 aliphatic rings. The number of nitrogens with zero attached hydrogens (tertiary/aromatic N) is 2. The van der Waals surface area contributed by atoms with Crippen LogP contribution in [-0.2, 0) is 0 Å². The summed E-state index contributed by atoms with van der Waals surface area (Å²) in [6.07, 6.45) is 0. The summed E-state index contributed by atoms with van der Waals surface area (Å²) in [6.45, 7) is 5.80. The third-order valence-electron chi connectivity index (χ3n) is 2.56. The van der Waals surface area contributed by atoms with Crippen LogP contribution in [0.25, 0.3) is 0 Å². The maximum absolute atomic E-state index is 9.23. The Morgan fingerprint density at radius 1 is 1.44 bits per heavy atom. The molecule has 1 rings (SSSR count). The van der Waals surface area contributed by atoms with E-state index >= 15 is 0 Å². The van der Waals surface area contributed by atoms with E-state index in [0.29, 0.717) is 5.02 Å². The van der Waals surface area contributed by atoms with E-state index in [1.165, 1.54) is 0 Å². The average molecular weight is 302 g/mol. The lowest BCUT2D eigenvalue weighted by atomic mass is 10.1. The van der Waals surface area contributed by atoms with E-state index in [0.717, 1.165) is 23.1 Å². The van der Waals surface area contributed by atoms with Gasteiger partial charge in [0, 0.05) is 4.47 Å². The molecule has 16 heavy (non-hydrogen) atoms. The monoisotopic (exact) mass is 300 g/mol. The van der Waals surface area contributed by atoms with Crippen LogP contribution in [0, 0.1) is 11.3 Å². The summed E-state index contributed by atoms with van der Waals surface area (Å²) in [4.78, 5) is 2.10. The second-order valence-corrected chi connectivity index (χ2v) is 4.69. The minimum atomic E-state index is -0.222. The van der Waals surface area contributed by atoms with E-state index in [9.17, 15) is 5.26 Å². The molecule has 2 nitrogen and oxygen atoms in total. The summed E-state index contributed by atoms with van der Waals surface area (Å²) in [5.74, 6) is 0. The molecule has 0 bridgehead atoms. The Bertz CT molecular complexity index is 396. The zero-order valence-corrected chi connectivity index (χ0v) is 11.7. The van der Waals surface area contributed by atoms with Crippen LogP contribution < -0.4 is 0 Å². The highest BCUT2D eigenvalue weighted by Gasteiger charge is 2.17. The fraction of sp³-hybridized carbons (Fsp3) is 0.417. The molecule has 0 aliphatic heterocycles. The van der Waals surface area contributed by atoms with Crippen LogP contribution in [0.3, 0.4) is 0 Å². The highest BCUT2D eigenvalue weighted by Crippen LogP contribution is 2.28. The Morgan fingerprint density at radius 2 is 2.06 bits per heavy atom. The Hall–Kier alpha value is -0.560. The van der Waals surface area contributed by atoms with Crippen molar-refractivity contribution in [2.24, 2.45) is 0 Å². The second-order valence-electron chi connectivity index (χ2n) is 3.43. The number of hydrogen-bond donors (Lipinski definition) is 0. The zero-order chi connectivity index (χ0) is 12.1. The Labute approximate surface area is 110 Å². The number of nitriles is 1. The standard InChI is InChI=1S/C12H14BrClN2/c1-3-16(4-2)12(8-15)9-5-6-10(13)11(14)7-9/h5-7,12H,3-4H2,1-2H3. The predicted octanol–water partition coefficient (Wildman–Crippen LogP) is 4.01. The molecule has 1 aromatic rings. The number of rotatable bonds is 4. The first-order chi connectivity index (χ1) is 7.63. The second kappa shape index (κ2) is 6.24. The van der Waals surface area contributed by atoms with Gasteiger partial charge in [-0.2, -0.15) is 5.26 Å². The molecule has 0 heterocycles. The van der Waals surface area contributed by atoms with Crippen molar-refractivity contribution in [1.82, 2.24) is 4.90 Å². The van der Waals surface area contributed by atoms with Gasteiger partial charge in [0.1, 0.15) is 6.04 Å². The molecule has 1 atom stereocenters. The van der Waals surface area contributed by atoms with Gasteiger partial charge < -0.3 is 0 Å². The van der Waals surface area contributed by atoms with Crippen LogP contribution >= 0.6 is 27.5 Å². The summed E-state index contributed by atoms with van der Waals surface area (Å²) < 4.78 is 0.856. The number of halogens is 2. The topological polar surface area (TPSA) is 27.0 Å². The summed E-state index contributed by atoms with van der Waals surface area (Å²) in [6, 6.07) is 7.76. The Balaban J connectivity index is 3.05. The van der Waals surface area contributed by atoms with Crippen molar-refractivity contribution in [2.75, 3.05) is 13.1 Å². The van der Waals surface area contributed by atoms with E-state index in [1.54, 1.807) is 0 Å². The first-order valence-electron chi connectivity index (χ1n) is 5.22. The molecule has 86 valence electrons. The van der Waals surface area contributed by atoms with Gasteiger partial charge in [0.2, 0.25) is 0 Å². The van der Waals surface area contributed by atoms with Gasteiger partial charge in [-0.1, -0.05) is 31.5 Å². The summed E-state index contributed by atoms with van der Waals surface area (Å²) in [7, 11) is 0. The fourth-order valence-electron chi connectivity index (χ4n) is 1.64. The van der Waals surface area contributed by atoms with Gasteiger partial charge in [-0.25, -0.2) is 0 Å². The van der Waals surface area contributed by atoms with Gasteiger partial charge in [0.25, 0.3) is 0 Å². The van der Waals surface area contributed by atoms with Gasteiger partial charge in [0.05, 0.1) is 11.1 Å². The van der Waals surface area contributed by atoms with Crippen LogP contribution in [0.4, 0.5) is 0 Å². The van der Waals surface area contributed by atoms with Gasteiger partial charge >= 0.3 is 0 Å². The van der Waals surface area contributed by atoms with Crippen LogP contribution in [0.1, 0.15) is 25.5 Å². The number of benzene rings is 1. The maximum Gasteiger partial charge on any atom is 0.123 e. The summed E-state index contributed by atoms with van der Waals surface area (Å²) >= 11 is 9.37. The minimum absolute atomic E-state index is 0.222. The largest absolute Gasteiger partial charge is 0.285 e. The molecule has 4 heteroatoms. The third kappa shape index (κ3) is 2.98. The van der Waals surface area contributed by atoms with Gasteiger partial charge in [-0.3, -0.25) is 4.90 Å². The average Bonchev–Trinajstić information content (AvgIpc) is 2.29. The minimum Gasteiger partial charge on any atom is -0.285 e. The maximum atomic E-state index is 9.23. The first kappa shape index (κ1) is 13.5. The molecule has 0 spiro atoms. The first-order valence-corrected chi connectivity index (χ1v) is 6.39. The molecule has 0 saturated heterocycles. The van der Waals surface area contributed by atoms with Crippen molar-refractivity contribution in [3.8, 4) is 6.07 Å². The van der Waals surface area contributed by atoms with E-state index in [1.807, 2.05) is 32.0 Å². The molecule has 0 aliphatic carbocycles. The molecular weight excluding hydrogens is 288 g/mol. The highest BCUT2D eigenvalue weighted by molar-refractivity contribution is 9.10. The van der Waals surface area contributed by atoms with Crippen molar-refractivity contribution >= 4 is 27.5 Å². The van der Waals surface area contributed by atoms with Gasteiger partial charge in [-0.15, -0.1) is 0 Å². The Kier molecular flexibility index (Phi) is 5.27. The van der Waals surface area contributed by atoms with Crippen molar-refractivity contribution in [3.63, 3.8) is 0 Å². The highest BCUT2D eigenvalue weighted by atomic mass is 79.9. The molecule has 1 unspecified atom stereocenters. The lowest BCUT2D eigenvalue weighted by molar-refractivity contribution is 0.262. The van der Waals surface area contributed by atoms with E-state index in [2.05, 4.69) is 26.9 Å². The lowest BCUT2D eigenvalue weighted by Gasteiger charge is -2.24. The van der Waals surface area contributed by atoms with Gasteiger partial charge in [-0.05, 0) is 46.7 Å². The fourth-order valence-corrected chi connectivity index (χ4v) is 2.07. The van der Waals surface area contributed by atoms with Crippen LogP contribution in [0.2, 0.25) is 5.02 Å². The molecule has 0 fully saturated rings.